The highest BCUT2D eigenvalue weighted by Crippen LogP contribution is 2.36. The molecule has 4 aromatic rings. The Kier molecular flexibility index (Phi) is 5.91. The molecule has 0 saturated carbocycles. The standard InChI is InChI=1S/C27H30FN7O/c1-18-16-34(17-29-18)24-11-10-23(30-27(24)36-2)25-31-26-21(7-6-14-35(26)32-25)20-9-8-19(15-22(20)28)33-12-4-3-5-13-33/h8-11,15-17,21H,3-7,12-14H2,1-2H3/t21-/m0/s1. The summed E-state index contributed by atoms with van der Waals surface area (Å²) in [5, 5.41) is 4.74. The van der Waals surface area contributed by atoms with E-state index in [0.29, 0.717) is 23.0 Å². The third-order valence-corrected chi connectivity index (χ3v) is 7.21. The number of nitrogens with zero attached hydrogens (tertiary/aromatic N) is 7. The Bertz CT molecular complexity index is 1390. The number of methoxy groups -OCH3 is 1. The lowest BCUT2D eigenvalue weighted by molar-refractivity contribution is 0.396. The number of fused-ring (bicyclic) bond motifs is 1. The third kappa shape index (κ3) is 4.12. The largest absolute Gasteiger partial charge is 0.479 e. The fourth-order valence-corrected chi connectivity index (χ4v) is 5.36. The fraction of sp³-hybridized carbons (Fsp3) is 0.407. The molecule has 186 valence electrons. The first kappa shape index (κ1) is 22.7. The molecule has 0 bridgehead atoms. The van der Waals surface area contributed by atoms with Crippen LogP contribution in [0.3, 0.4) is 0 Å². The van der Waals surface area contributed by atoms with E-state index in [2.05, 4.69) is 20.9 Å². The minimum absolute atomic E-state index is 0.134. The summed E-state index contributed by atoms with van der Waals surface area (Å²) in [5.74, 6) is 1.48. The lowest BCUT2D eigenvalue weighted by atomic mass is 9.90. The summed E-state index contributed by atoms with van der Waals surface area (Å²) in [7, 11) is 1.59. The number of pyridine rings is 1. The topological polar surface area (TPSA) is 73.9 Å². The van der Waals surface area contributed by atoms with Gasteiger partial charge in [-0.05, 0) is 68.9 Å². The van der Waals surface area contributed by atoms with Crippen LogP contribution in [0.1, 0.15) is 55.1 Å². The van der Waals surface area contributed by atoms with Gasteiger partial charge in [0.2, 0.25) is 5.88 Å². The highest BCUT2D eigenvalue weighted by atomic mass is 19.1. The maximum atomic E-state index is 15.4. The maximum Gasteiger partial charge on any atom is 0.238 e. The van der Waals surface area contributed by atoms with Crippen LogP contribution in [0.5, 0.6) is 5.88 Å². The van der Waals surface area contributed by atoms with Gasteiger partial charge in [-0.2, -0.15) is 0 Å². The van der Waals surface area contributed by atoms with Crippen molar-refractivity contribution in [2.75, 3.05) is 25.1 Å². The zero-order valence-electron chi connectivity index (χ0n) is 20.7. The second-order valence-corrected chi connectivity index (χ2v) is 9.61. The van der Waals surface area contributed by atoms with Gasteiger partial charge in [-0.15, -0.1) is 5.10 Å². The van der Waals surface area contributed by atoms with Gasteiger partial charge >= 0.3 is 0 Å². The monoisotopic (exact) mass is 487 g/mol. The summed E-state index contributed by atoms with van der Waals surface area (Å²) >= 11 is 0. The molecule has 0 unspecified atom stereocenters. The van der Waals surface area contributed by atoms with E-state index in [0.717, 1.165) is 55.4 Å². The summed E-state index contributed by atoms with van der Waals surface area (Å²) < 4.78 is 24.7. The maximum absolute atomic E-state index is 15.4. The molecule has 0 spiro atoms. The van der Waals surface area contributed by atoms with Crippen LogP contribution in [0.4, 0.5) is 10.1 Å². The number of rotatable bonds is 5. The number of aromatic nitrogens is 6. The Labute approximate surface area is 209 Å². The highest BCUT2D eigenvalue weighted by Gasteiger charge is 2.29. The number of hydrogen-bond donors (Lipinski definition) is 0. The van der Waals surface area contributed by atoms with Crippen LogP contribution in [0.15, 0.2) is 42.9 Å². The molecule has 0 aliphatic carbocycles. The van der Waals surface area contributed by atoms with Gasteiger partial charge in [0.1, 0.15) is 23.0 Å². The number of benzene rings is 1. The quantitative estimate of drug-likeness (QED) is 0.399. The second kappa shape index (κ2) is 9.37. The van der Waals surface area contributed by atoms with E-state index in [1.54, 1.807) is 19.5 Å². The summed E-state index contributed by atoms with van der Waals surface area (Å²) in [6.45, 7) is 4.69. The number of piperidine rings is 1. The predicted molar refractivity (Wildman–Crippen MR) is 135 cm³/mol. The molecular weight excluding hydrogens is 457 g/mol. The van der Waals surface area contributed by atoms with Crippen molar-refractivity contribution in [3.63, 3.8) is 0 Å². The molecule has 8 nitrogen and oxygen atoms in total. The van der Waals surface area contributed by atoms with Crippen molar-refractivity contribution in [3.8, 4) is 23.1 Å². The molecule has 9 heteroatoms. The van der Waals surface area contributed by atoms with E-state index < -0.39 is 0 Å². The van der Waals surface area contributed by atoms with E-state index in [1.165, 1.54) is 19.3 Å². The summed E-state index contributed by atoms with van der Waals surface area (Å²) in [6, 6.07) is 9.51. The summed E-state index contributed by atoms with van der Waals surface area (Å²) in [6.07, 6.45) is 9.00. The predicted octanol–water partition coefficient (Wildman–Crippen LogP) is 4.90. The molecule has 1 fully saturated rings. The van der Waals surface area contributed by atoms with Gasteiger partial charge in [-0.3, -0.25) is 0 Å². The van der Waals surface area contributed by atoms with Crippen molar-refractivity contribution in [1.82, 2.24) is 29.3 Å². The van der Waals surface area contributed by atoms with Crippen LogP contribution >= 0.6 is 0 Å². The van der Waals surface area contributed by atoms with Crippen molar-refractivity contribution in [2.45, 2.75) is 51.5 Å². The molecule has 0 radical (unpaired) electrons. The molecule has 36 heavy (non-hydrogen) atoms. The highest BCUT2D eigenvalue weighted by molar-refractivity contribution is 5.56. The van der Waals surface area contributed by atoms with Crippen molar-refractivity contribution in [2.24, 2.45) is 0 Å². The van der Waals surface area contributed by atoms with Gasteiger partial charge < -0.3 is 14.2 Å². The lowest BCUT2D eigenvalue weighted by Crippen LogP contribution is -2.29. The number of imidazole rings is 1. The van der Waals surface area contributed by atoms with Crippen LogP contribution in [0, 0.1) is 12.7 Å². The van der Waals surface area contributed by atoms with Gasteiger partial charge in [0.25, 0.3) is 0 Å². The van der Waals surface area contributed by atoms with Crippen molar-refractivity contribution in [1.29, 1.82) is 0 Å². The average molecular weight is 488 g/mol. The third-order valence-electron chi connectivity index (χ3n) is 7.21. The minimum atomic E-state index is -0.166. The SMILES string of the molecule is COc1nc(-c2nc3n(n2)CCC[C@H]3c2ccc(N3CCCCC3)cc2F)ccc1-n1cnc(C)c1. The van der Waals surface area contributed by atoms with Gasteiger partial charge in [0.15, 0.2) is 5.82 Å². The number of aryl methyl sites for hydroxylation is 2. The Morgan fingerprint density at radius 3 is 2.61 bits per heavy atom. The number of halogens is 1. The average Bonchev–Trinajstić information content (AvgIpc) is 3.55. The number of ether oxygens (including phenoxy) is 1. The number of hydrogen-bond acceptors (Lipinski definition) is 6. The van der Waals surface area contributed by atoms with Crippen molar-refractivity contribution >= 4 is 5.69 Å². The summed E-state index contributed by atoms with van der Waals surface area (Å²) in [4.78, 5) is 16.1. The van der Waals surface area contributed by atoms with Gasteiger partial charge in [-0.1, -0.05) is 6.07 Å². The molecule has 5 heterocycles. The molecule has 3 aromatic heterocycles. The van der Waals surface area contributed by atoms with E-state index in [1.807, 2.05) is 40.6 Å². The molecule has 2 aliphatic heterocycles. The zero-order chi connectivity index (χ0) is 24.6. The molecule has 0 amide bonds. The molecule has 0 N–H and O–H groups in total. The van der Waals surface area contributed by atoms with Crippen LogP contribution in [-0.2, 0) is 6.54 Å². The normalized spacial score (nSPS) is 17.8. The van der Waals surface area contributed by atoms with E-state index in [-0.39, 0.29) is 11.7 Å². The zero-order valence-corrected chi connectivity index (χ0v) is 20.7. The fourth-order valence-electron chi connectivity index (χ4n) is 5.36. The minimum Gasteiger partial charge on any atom is -0.479 e. The number of anilines is 1. The van der Waals surface area contributed by atoms with E-state index in [4.69, 9.17) is 14.8 Å². The Morgan fingerprint density at radius 2 is 1.86 bits per heavy atom. The van der Waals surface area contributed by atoms with Crippen LogP contribution in [0.2, 0.25) is 0 Å². The Balaban J connectivity index is 1.31. The van der Waals surface area contributed by atoms with E-state index >= 15 is 4.39 Å². The molecule has 1 aromatic carbocycles. The second-order valence-electron chi connectivity index (χ2n) is 9.61. The van der Waals surface area contributed by atoms with Gasteiger partial charge in [-0.25, -0.2) is 24.0 Å². The molecular formula is C27H30FN7O. The van der Waals surface area contributed by atoms with Gasteiger partial charge in [0, 0.05) is 37.4 Å². The van der Waals surface area contributed by atoms with E-state index in [9.17, 15) is 0 Å². The molecule has 1 saturated heterocycles. The van der Waals surface area contributed by atoms with Crippen LogP contribution < -0.4 is 9.64 Å². The van der Waals surface area contributed by atoms with Crippen molar-refractivity contribution < 1.29 is 9.13 Å². The smallest absolute Gasteiger partial charge is 0.238 e. The Hall–Kier alpha value is -3.75. The first-order chi connectivity index (χ1) is 17.6. The van der Waals surface area contributed by atoms with Crippen molar-refractivity contribution in [3.05, 3.63) is 65.8 Å². The first-order valence-corrected chi connectivity index (χ1v) is 12.7. The molecule has 2 aliphatic rings. The molecule has 1 atom stereocenters. The lowest BCUT2D eigenvalue weighted by Gasteiger charge is -2.29. The van der Waals surface area contributed by atoms with Gasteiger partial charge in [0.05, 0.1) is 19.1 Å². The summed E-state index contributed by atoms with van der Waals surface area (Å²) in [5.41, 5.74) is 3.98. The molecule has 6 rings (SSSR count). The first-order valence-electron chi connectivity index (χ1n) is 12.7. The Morgan fingerprint density at radius 1 is 1.00 bits per heavy atom. The van der Waals surface area contributed by atoms with Crippen LogP contribution in [0.25, 0.3) is 17.2 Å². The van der Waals surface area contributed by atoms with Crippen LogP contribution in [-0.4, -0.2) is 49.5 Å².